The maximum Gasteiger partial charge on any atom is 0.251 e. The van der Waals surface area contributed by atoms with Crippen LogP contribution in [0, 0.1) is 6.92 Å². The number of hydrogen-bond donors (Lipinski definition) is 1. The van der Waals surface area contributed by atoms with Gasteiger partial charge in [0.15, 0.2) is 0 Å². The van der Waals surface area contributed by atoms with Crippen LogP contribution >= 0.6 is 11.3 Å². The molecule has 1 aromatic carbocycles. The summed E-state index contributed by atoms with van der Waals surface area (Å²) in [4.78, 5) is 15.7. The van der Waals surface area contributed by atoms with Crippen molar-refractivity contribution in [3.63, 3.8) is 0 Å². The summed E-state index contributed by atoms with van der Waals surface area (Å²) in [7, 11) is 4.04. The molecule has 3 rings (SSSR count). The fraction of sp³-hybridized carbons (Fsp3) is 0.318. The van der Waals surface area contributed by atoms with Crippen LogP contribution in [0.3, 0.4) is 0 Å². The quantitative estimate of drug-likeness (QED) is 0.655. The molecule has 0 aliphatic carbocycles. The van der Waals surface area contributed by atoms with Gasteiger partial charge in [0.25, 0.3) is 5.91 Å². The first kappa shape index (κ1) is 19.2. The zero-order valence-corrected chi connectivity index (χ0v) is 17.3. The van der Waals surface area contributed by atoms with Gasteiger partial charge in [-0.15, -0.1) is 11.3 Å². The molecule has 0 spiro atoms. The topological polar surface area (TPSA) is 51.3 Å². The molecule has 5 heteroatoms. The standard InChI is InChI=1S/C22H27N3OS/c1-5-19-21(16-8-10-17(11-9-16)24(3)4)20(22(23)26)15(2)25(19)13-12-18-7-6-14-27-18/h6-11,14H,5,12-13H2,1-4H3,(H2,23,26). The first-order valence-corrected chi connectivity index (χ1v) is 10.1. The molecule has 0 radical (unpaired) electrons. The Hall–Kier alpha value is -2.53. The SMILES string of the molecule is CCc1c(-c2ccc(N(C)C)cc2)c(C(N)=O)c(C)n1CCc1cccs1. The molecule has 0 saturated carbocycles. The van der Waals surface area contributed by atoms with E-state index in [1.807, 2.05) is 21.0 Å². The number of nitrogens with two attached hydrogens (primary N) is 1. The number of benzene rings is 1. The number of primary amides is 1. The molecule has 142 valence electrons. The van der Waals surface area contributed by atoms with E-state index in [1.165, 1.54) is 10.6 Å². The zero-order chi connectivity index (χ0) is 19.6. The molecule has 2 N–H and O–H groups in total. The lowest BCUT2D eigenvalue weighted by molar-refractivity contribution is 0.1000. The van der Waals surface area contributed by atoms with Crippen LogP contribution in [0.15, 0.2) is 41.8 Å². The highest BCUT2D eigenvalue weighted by Gasteiger charge is 2.23. The highest BCUT2D eigenvalue weighted by Crippen LogP contribution is 2.34. The third kappa shape index (κ3) is 3.78. The Morgan fingerprint density at radius 2 is 1.89 bits per heavy atom. The molecule has 0 aliphatic heterocycles. The highest BCUT2D eigenvalue weighted by atomic mass is 32.1. The predicted octanol–water partition coefficient (Wildman–Crippen LogP) is 4.50. The van der Waals surface area contributed by atoms with Crippen LogP contribution in [-0.2, 0) is 19.4 Å². The monoisotopic (exact) mass is 381 g/mol. The van der Waals surface area contributed by atoms with E-state index in [-0.39, 0.29) is 5.91 Å². The number of carbonyl (C=O) groups excluding carboxylic acids is 1. The van der Waals surface area contributed by atoms with Crippen molar-refractivity contribution < 1.29 is 4.79 Å². The van der Waals surface area contributed by atoms with Crippen molar-refractivity contribution in [1.82, 2.24) is 4.57 Å². The van der Waals surface area contributed by atoms with Gasteiger partial charge in [-0.05, 0) is 48.9 Å². The molecule has 0 bridgehead atoms. The van der Waals surface area contributed by atoms with E-state index >= 15 is 0 Å². The largest absolute Gasteiger partial charge is 0.378 e. The van der Waals surface area contributed by atoms with Crippen LogP contribution in [0.2, 0.25) is 0 Å². The summed E-state index contributed by atoms with van der Waals surface area (Å²) in [5.41, 5.74) is 11.7. The fourth-order valence-corrected chi connectivity index (χ4v) is 4.38. The van der Waals surface area contributed by atoms with Crippen molar-refractivity contribution in [2.24, 2.45) is 5.73 Å². The second kappa shape index (κ2) is 8.01. The van der Waals surface area contributed by atoms with Gasteiger partial charge >= 0.3 is 0 Å². The van der Waals surface area contributed by atoms with Crippen LogP contribution < -0.4 is 10.6 Å². The van der Waals surface area contributed by atoms with Gasteiger partial charge < -0.3 is 15.2 Å². The van der Waals surface area contributed by atoms with Gasteiger partial charge in [0, 0.05) is 48.2 Å². The number of aromatic nitrogens is 1. The molecule has 0 aliphatic rings. The van der Waals surface area contributed by atoms with Crippen molar-refractivity contribution in [2.75, 3.05) is 19.0 Å². The Labute approximate surface area is 165 Å². The summed E-state index contributed by atoms with van der Waals surface area (Å²) < 4.78 is 2.27. The molecule has 27 heavy (non-hydrogen) atoms. The average Bonchev–Trinajstić information content (AvgIpc) is 3.25. The summed E-state index contributed by atoms with van der Waals surface area (Å²) in [5.74, 6) is -0.358. The second-order valence-corrected chi connectivity index (χ2v) is 7.95. The Bertz CT molecular complexity index is 922. The third-order valence-electron chi connectivity index (χ3n) is 5.05. The lowest BCUT2D eigenvalue weighted by atomic mass is 9.98. The van der Waals surface area contributed by atoms with Crippen LogP contribution in [0.1, 0.15) is 33.5 Å². The molecule has 0 saturated heterocycles. The number of thiophene rings is 1. The number of aryl methyl sites for hydroxylation is 1. The van der Waals surface area contributed by atoms with Crippen molar-refractivity contribution >= 4 is 22.9 Å². The molecular weight excluding hydrogens is 354 g/mol. The Morgan fingerprint density at radius 1 is 1.19 bits per heavy atom. The second-order valence-electron chi connectivity index (χ2n) is 6.92. The minimum absolute atomic E-state index is 0.358. The molecular formula is C22H27N3OS. The fourth-order valence-electron chi connectivity index (χ4n) is 3.68. The highest BCUT2D eigenvalue weighted by molar-refractivity contribution is 7.09. The van der Waals surface area contributed by atoms with Crippen molar-refractivity contribution in [2.45, 2.75) is 33.2 Å². The minimum Gasteiger partial charge on any atom is -0.378 e. The number of nitrogens with zero attached hydrogens (tertiary/aromatic N) is 2. The van der Waals surface area contributed by atoms with E-state index in [9.17, 15) is 4.79 Å². The van der Waals surface area contributed by atoms with E-state index in [4.69, 9.17) is 5.73 Å². The van der Waals surface area contributed by atoms with Gasteiger partial charge in [0.1, 0.15) is 0 Å². The number of amides is 1. The van der Waals surface area contributed by atoms with E-state index in [2.05, 4.69) is 58.2 Å². The number of hydrogen-bond acceptors (Lipinski definition) is 3. The van der Waals surface area contributed by atoms with E-state index in [0.29, 0.717) is 5.56 Å². The van der Waals surface area contributed by atoms with Gasteiger partial charge in [0.2, 0.25) is 0 Å². The Morgan fingerprint density at radius 3 is 2.41 bits per heavy atom. The molecule has 2 heterocycles. The van der Waals surface area contributed by atoms with Crippen LogP contribution in [0.25, 0.3) is 11.1 Å². The average molecular weight is 382 g/mol. The number of rotatable bonds is 7. The summed E-state index contributed by atoms with van der Waals surface area (Å²) in [5, 5.41) is 2.10. The number of carbonyl (C=O) groups is 1. The van der Waals surface area contributed by atoms with Crippen LogP contribution in [0.5, 0.6) is 0 Å². The van der Waals surface area contributed by atoms with Crippen LogP contribution in [-0.4, -0.2) is 24.6 Å². The van der Waals surface area contributed by atoms with E-state index < -0.39 is 0 Å². The Kier molecular flexibility index (Phi) is 5.71. The molecule has 3 aromatic rings. The summed E-state index contributed by atoms with van der Waals surface area (Å²) in [6.07, 6.45) is 1.81. The van der Waals surface area contributed by atoms with Gasteiger partial charge in [-0.25, -0.2) is 0 Å². The first-order valence-electron chi connectivity index (χ1n) is 9.26. The van der Waals surface area contributed by atoms with Gasteiger partial charge in [-0.2, -0.15) is 0 Å². The minimum atomic E-state index is -0.358. The molecule has 2 aromatic heterocycles. The Balaban J connectivity index is 2.08. The predicted molar refractivity (Wildman–Crippen MR) is 115 cm³/mol. The molecule has 1 amide bonds. The molecule has 4 nitrogen and oxygen atoms in total. The smallest absolute Gasteiger partial charge is 0.251 e. The maximum absolute atomic E-state index is 12.3. The molecule has 0 unspecified atom stereocenters. The van der Waals surface area contributed by atoms with Crippen molar-refractivity contribution in [1.29, 1.82) is 0 Å². The molecule has 0 fully saturated rings. The zero-order valence-electron chi connectivity index (χ0n) is 16.5. The first-order chi connectivity index (χ1) is 12.9. The normalized spacial score (nSPS) is 11.0. The van der Waals surface area contributed by atoms with Gasteiger partial charge in [0.05, 0.1) is 5.56 Å². The van der Waals surface area contributed by atoms with Crippen molar-refractivity contribution in [3.05, 3.63) is 63.6 Å². The van der Waals surface area contributed by atoms with Gasteiger partial charge in [-0.1, -0.05) is 25.1 Å². The third-order valence-corrected chi connectivity index (χ3v) is 5.98. The van der Waals surface area contributed by atoms with E-state index in [1.54, 1.807) is 11.3 Å². The van der Waals surface area contributed by atoms with Crippen LogP contribution in [0.4, 0.5) is 5.69 Å². The van der Waals surface area contributed by atoms with E-state index in [0.717, 1.165) is 41.9 Å². The lowest BCUT2D eigenvalue weighted by Gasteiger charge is -2.14. The lowest BCUT2D eigenvalue weighted by Crippen LogP contribution is -2.14. The summed E-state index contributed by atoms with van der Waals surface area (Å²) in [6.45, 7) is 5.00. The molecule has 0 atom stereocenters. The summed E-state index contributed by atoms with van der Waals surface area (Å²) >= 11 is 1.77. The van der Waals surface area contributed by atoms with Crippen molar-refractivity contribution in [3.8, 4) is 11.1 Å². The summed E-state index contributed by atoms with van der Waals surface area (Å²) in [6, 6.07) is 12.6. The van der Waals surface area contributed by atoms with Gasteiger partial charge in [-0.3, -0.25) is 4.79 Å². The number of anilines is 1. The maximum atomic E-state index is 12.3.